The molecule has 4 fully saturated rings. The van der Waals surface area contributed by atoms with E-state index in [4.69, 9.17) is 4.74 Å². The van der Waals surface area contributed by atoms with Crippen molar-refractivity contribution < 1.29 is 14.6 Å². The molecule has 0 aromatic rings. The monoisotopic (exact) mass is 306 g/mol. The number of carbonyl (C=O) groups is 1. The zero-order chi connectivity index (χ0) is 15.8. The van der Waals surface area contributed by atoms with Gasteiger partial charge < -0.3 is 9.84 Å². The van der Waals surface area contributed by atoms with Gasteiger partial charge in [0.25, 0.3) is 0 Å². The van der Waals surface area contributed by atoms with Gasteiger partial charge in [0.15, 0.2) is 0 Å². The van der Waals surface area contributed by atoms with E-state index in [1.807, 2.05) is 0 Å². The summed E-state index contributed by atoms with van der Waals surface area (Å²) < 4.78 is 5.49. The van der Waals surface area contributed by atoms with E-state index in [2.05, 4.69) is 20.8 Å². The third kappa shape index (κ3) is 1.75. The Morgan fingerprint density at radius 2 is 1.77 bits per heavy atom. The molecule has 0 spiro atoms. The first-order chi connectivity index (χ1) is 10.3. The molecule has 0 aromatic heterocycles. The van der Waals surface area contributed by atoms with Crippen LogP contribution in [0.5, 0.6) is 0 Å². The minimum Gasteiger partial charge on any atom is -0.465 e. The van der Waals surface area contributed by atoms with Crippen molar-refractivity contribution in [2.45, 2.75) is 71.3 Å². The van der Waals surface area contributed by atoms with Crippen molar-refractivity contribution in [3.05, 3.63) is 0 Å². The summed E-state index contributed by atoms with van der Waals surface area (Å²) in [5.41, 5.74) is -0.241. The van der Waals surface area contributed by atoms with E-state index in [0.717, 1.165) is 12.8 Å². The highest BCUT2D eigenvalue weighted by Gasteiger charge is 2.63. The Morgan fingerprint density at radius 3 is 2.55 bits per heavy atom. The van der Waals surface area contributed by atoms with Crippen molar-refractivity contribution in [1.82, 2.24) is 0 Å². The highest BCUT2D eigenvalue weighted by Crippen LogP contribution is 2.67. The standard InChI is InChI=1S/C19H30O3/c1-17-11-22-16(20)10-12(17)4-5-13-14(17)6-8-18(2)15(13)7-9-19(18,3)21/h12-15,21H,4-11H2,1-3H3/t12-,13+,14-,15-,17-,18-,19+/m0/s1. The molecule has 0 radical (unpaired) electrons. The fraction of sp³-hybridized carbons (Fsp3) is 0.947. The van der Waals surface area contributed by atoms with Crippen LogP contribution >= 0.6 is 0 Å². The third-order valence-corrected chi connectivity index (χ3v) is 8.58. The molecule has 7 atom stereocenters. The van der Waals surface area contributed by atoms with Crippen LogP contribution in [-0.2, 0) is 9.53 Å². The summed E-state index contributed by atoms with van der Waals surface area (Å²) in [6, 6.07) is 0. The summed E-state index contributed by atoms with van der Waals surface area (Å²) in [5.74, 6) is 2.56. The molecule has 124 valence electrons. The van der Waals surface area contributed by atoms with E-state index >= 15 is 0 Å². The second kappa shape index (κ2) is 4.49. The maximum atomic E-state index is 11.7. The van der Waals surface area contributed by atoms with E-state index < -0.39 is 5.60 Å². The molecule has 0 amide bonds. The average molecular weight is 306 g/mol. The molecule has 0 bridgehead atoms. The molecule has 0 aromatic carbocycles. The van der Waals surface area contributed by atoms with Crippen molar-refractivity contribution >= 4 is 5.97 Å². The lowest BCUT2D eigenvalue weighted by atomic mass is 9.46. The zero-order valence-corrected chi connectivity index (χ0v) is 14.2. The summed E-state index contributed by atoms with van der Waals surface area (Å²) in [7, 11) is 0. The molecule has 4 aliphatic rings. The Kier molecular flexibility index (Phi) is 3.06. The maximum absolute atomic E-state index is 11.7. The summed E-state index contributed by atoms with van der Waals surface area (Å²) in [6.45, 7) is 7.38. The van der Waals surface area contributed by atoms with Crippen molar-refractivity contribution in [1.29, 1.82) is 0 Å². The van der Waals surface area contributed by atoms with Gasteiger partial charge in [0.1, 0.15) is 0 Å². The number of fused-ring (bicyclic) bond motifs is 5. The van der Waals surface area contributed by atoms with E-state index in [0.29, 0.717) is 36.7 Å². The third-order valence-electron chi connectivity index (χ3n) is 8.58. The molecule has 1 saturated heterocycles. The lowest BCUT2D eigenvalue weighted by molar-refractivity contribution is -0.186. The number of cyclic esters (lactones) is 1. The van der Waals surface area contributed by atoms with E-state index in [9.17, 15) is 9.90 Å². The molecule has 1 N–H and O–H groups in total. The fourth-order valence-electron chi connectivity index (χ4n) is 6.83. The van der Waals surface area contributed by atoms with Crippen LogP contribution in [0.1, 0.15) is 65.7 Å². The van der Waals surface area contributed by atoms with Crippen LogP contribution in [0, 0.1) is 34.5 Å². The van der Waals surface area contributed by atoms with Crippen molar-refractivity contribution in [2.75, 3.05) is 6.61 Å². The van der Waals surface area contributed by atoms with Gasteiger partial charge in [0.05, 0.1) is 12.2 Å². The second-order valence-electron chi connectivity index (χ2n) is 9.29. The Labute approximate surface area is 133 Å². The molecule has 1 heterocycles. The van der Waals surface area contributed by atoms with Crippen molar-refractivity contribution in [3.63, 3.8) is 0 Å². The first kappa shape index (κ1) is 15.0. The molecular weight excluding hydrogens is 276 g/mol. The van der Waals surface area contributed by atoms with Gasteiger partial charge in [-0.15, -0.1) is 0 Å². The molecule has 3 aliphatic carbocycles. The molecule has 0 unspecified atom stereocenters. The predicted molar refractivity (Wildman–Crippen MR) is 84.1 cm³/mol. The molecule has 3 saturated carbocycles. The molecular formula is C19H30O3. The van der Waals surface area contributed by atoms with Crippen molar-refractivity contribution in [2.24, 2.45) is 34.5 Å². The Hall–Kier alpha value is -0.570. The van der Waals surface area contributed by atoms with Crippen LogP contribution in [0.2, 0.25) is 0 Å². The van der Waals surface area contributed by atoms with E-state index in [-0.39, 0.29) is 16.8 Å². The normalized spacial score (nSPS) is 57.5. The van der Waals surface area contributed by atoms with Gasteiger partial charge in [0.2, 0.25) is 0 Å². The molecule has 1 aliphatic heterocycles. The Balaban J connectivity index is 1.65. The molecule has 4 rings (SSSR count). The van der Waals surface area contributed by atoms with Crippen LogP contribution in [0.3, 0.4) is 0 Å². The molecule has 3 nitrogen and oxygen atoms in total. The Morgan fingerprint density at radius 1 is 1.05 bits per heavy atom. The highest BCUT2D eigenvalue weighted by molar-refractivity contribution is 5.70. The summed E-state index contributed by atoms with van der Waals surface area (Å²) in [6.07, 6.45) is 7.48. The van der Waals surface area contributed by atoms with Crippen LogP contribution in [-0.4, -0.2) is 23.3 Å². The first-order valence-electron chi connectivity index (χ1n) is 9.16. The topological polar surface area (TPSA) is 46.5 Å². The fourth-order valence-corrected chi connectivity index (χ4v) is 6.83. The van der Waals surface area contributed by atoms with Crippen LogP contribution in [0.15, 0.2) is 0 Å². The first-order valence-corrected chi connectivity index (χ1v) is 9.16. The summed E-state index contributed by atoms with van der Waals surface area (Å²) >= 11 is 0. The number of carbonyl (C=O) groups excluding carboxylic acids is 1. The number of aliphatic hydroxyl groups is 1. The summed E-state index contributed by atoms with van der Waals surface area (Å²) in [5, 5.41) is 10.9. The van der Waals surface area contributed by atoms with Gasteiger partial charge in [-0.3, -0.25) is 4.79 Å². The van der Waals surface area contributed by atoms with E-state index in [1.165, 1.54) is 25.7 Å². The SMILES string of the molecule is C[C@]12COC(=O)C[C@@H]1CC[C@@H]1[C@@H]2CC[C@@]2(C)[C@H]1CC[C@@]2(C)O. The lowest BCUT2D eigenvalue weighted by Crippen LogP contribution is -2.57. The lowest BCUT2D eigenvalue weighted by Gasteiger charge is -2.60. The maximum Gasteiger partial charge on any atom is 0.306 e. The smallest absolute Gasteiger partial charge is 0.306 e. The van der Waals surface area contributed by atoms with Gasteiger partial charge in [0, 0.05) is 11.8 Å². The predicted octanol–water partition coefficient (Wildman–Crippen LogP) is 3.54. The number of hydrogen-bond donors (Lipinski definition) is 1. The van der Waals surface area contributed by atoms with Gasteiger partial charge in [-0.25, -0.2) is 0 Å². The van der Waals surface area contributed by atoms with E-state index in [1.54, 1.807) is 0 Å². The van der Waals surface area contributed by atoms with Crippen LogP contribution < -0.4 is 0 Å². The zero-order valence-electron chi connectivity index (χ0n) is 14.2. The quantitative estimate of drug-likeness (QED) is 0.696. The summed E-state index contributed by atoms with van der Waals surface area (Å²) in [4.78, 5) is 11.7. The largest absolute Gasteiger partial charge is 0.465 e. The number of ether oxygens (including phenoxy) is 1. The van der Waals surface area contributed by atoms with Crippen molar-refractivity contribution in [3.8, 4) is 0 Å². The van der Waals surface area contributed by atoms with Gasteiger partial charge in [-0.05, 0) is 74.5 Å². The number of esters is 1. The minimum atomic E-state index is -0.501. The van der Waals surface area contributed by atoms with Crippen LogP contribution in [0.25, 0.3) is 0 Å². The van der Waals surface area contributed by atoms with Gasteiger partial charge in [-0.1, -0.05) is 13.8 Å². The molecule has 22 heavy (non-hydrogen) atoms. The number of rotatable bonds is 0. The second-order valence-corrected chi connectivity index (χ2v) is 9.29. The Bertz CT molecular complexity index is 499. The number of hydrogen-bond acceptors (Lipinski definition) is 3. The molecule has 3 heteroatoms. The highest BCUT2D eigenvalue weighted by atomic mass is 16.5. The van der Waals surface area contributed by atoms with Crippen LogP contribution in [0.4, 0.5) is 0 Å². The minimum absolute atomic E-state index is 0.00497. The van der Waals surface area contributed by atoms with Gasteiger partial charge in [-0.2, -0.15) is 0 Å². The average Bonchev–Trinajstić information content (AvgIpc) is 2.70. The van der Waals surface area contributed by atoms with Gasteiger partial charge >= 0.3 is 5.97 Å².